The normalized spacial score (nSPS) is 13.2. The number of Topliss-reactive ketones (excluding diaryl/α,β-unsaturated/α-hetero) is 1. The van der Waals surface area contributed by atoms with Gasteiger partial charge in [-0.2, -0.15) is 0 Å². The van der Waals surface area contributed by atoms with Crippen LogP contribution in [-0.2, 0) is 20.6 Å². The van der Waals surface area contributed by atoms with Crippen molar-refractivity contribution in [3.8, 4) is 0 Å². The van der Waals surface area contributed by atoms with E-state index in [0.717, 1.165) is 16.9 Å². The summed E-state index contributed by atoms with van der Waals surface area (Å²) in [7, 11) is -2.37. The predicted octanol–water partition coefficient (Wildman–Crippen LogP) is 4.65. The maximum atomic E-state index is 12.9. The number of hydrogen-bond acceptors (Lipinski definition) is 2. The summed E-state index contributed by atoms with van der Waals surface area (Å²) in [5, 5.41) is 0. The first kappa shape index (κ1) is 17.3. The van der Waals surface area contributed by atoms with Crippen molar-refractivity contribution < 1.29 is 9.00 Å². The van der Waals surface area contributed by atoms with Crippen molar-refractivity contribution in [3.05, 3.63) is 102 Å². The molecule has 0 saturated carbocycles. The Morgan fingerprint density at radius 1 is 0.760 bits per heavy atom. The predicted molar refractivity (Wildman–Crippen MR) is 104 cm³/mol. The summed E-state index contributed by atoms with van der Waals surface area (Å²) >= 11 is 0. The SMILES string of the molecule is C[S+](=O)(CC(=O)c1ccc(Cc2ccccc2)cc1)c1ccccc1. The topological polar surface area (TPSA) is 34.1 Å². The summed E-state index contributed by atoms with van der Waals surface area (Å²) in [5.74, 6) is -0.0442. The zero-order valence-electron chi connectivity index (χ0n) is 14.2. The summed E-state index contributed by atoms with van der Waals surface area (Å²) in [6, 6.07) is 27.1. The Morgan fingerprint density at radius 2 is 1.28 bits per heavy atom. The first-order valence-electron chi connectivity index (χ1n) is 8.23. The largest absolute Gasteiger partial charge is 0.289 e. The van der Waals surface area contributed by atoms with E-state index in [4.69, 9.17) is 0 Å². The van der Waals surface area contributed by atoms with Crippen LogP contribution in [0.3, 0.4) is 0 Å². The fourth-order valence-electron chi connectivity index (χ4n) is 2.77. The lowest BCUT2D eigenvalue weighted by Gasteiger charge is -2.07. The molecule has 3 aromatic carbocycles. The van der Waals surface area contributed by atoms with Crippen molar-refractivity contribution in [3.63, 3.8) is 0 Å². The number of carbonyl (C=O) groups excluding carboxylic acids is 1. The lowest BCUT2D eigenvalue weighted by Crippen LogP contribution is -2.21. The quantitative estimate of drug-likeness (QED) is 0.479. The average molecular weight is 349 g/mol. The van der Waals surface area contributed by atoms with Gasteiger partial charge in [-0.1, -0.05) is 77.0 Å². The minimum atomic E-state index is -2.37. The van der Waals surface area contributed by atoms with Crippen LogP contribution in [0.5, 0.6) is 0 Å². The second kappa shape index (κ2) is 7.58. The van der Waals surface area contributed by atoms with Gasteiger partial charge in [0.05, 0.1) is 0 Å². The highest BCUT2D eigenvalue weighted by Crippen LogP contribution is 2.19. The number of rotatable bonds is 6. The highest BCUT2D eigenvalue weighted by Gasteiger charge is 2.29. The molecule has 1 unspecified atom stereocenters. The zero-order valence-corrected chi connectivity index (χ0v) is 15.0. The molecule has 0 radical (unpaired) electrons. The summed E-state index contributed by atoms with van der Waals surface area (Å²) < 4.78 is 12.9. The molecule has 0 heterocycles. The van der Waals surface area contributed by atoms with Crippen LogP contribution in [0.1, 0.15) is 21.5 Å². The van der Waals surface area contributed by atoms with Gasteiger partial charge in [0.1, 0.15) is 16.2 Å². The fraction of sp³-hybridized carbons (Fsp3) is 0.136. The third-order valence-corrected chi connectivity index (χ3v) is 6.26. The smallest absolute Gasteiger partial charge is 0.212 e. The van der Waals surface area contributed by atoms with Gasteiger partial charge < -0.3 is 0 Å². The molecular formula is C22H21O2S+. The molecule has 3 heteroatoms. The minimum Gasteiger partial charge on any atom is -0.289 e. The van der Waals surface area contributed by atoms with Gasteiger partial charge in [0.25, 0.3) is 0 Å². The Labute approximate surface area is 150 Å². The molecule has 0 bridgehead atoms. The van der Waals surface area contributed by atoms with Gasteiger partial charge in [-0.25, -0.2) is 0 Å². The van der Waals surface area contributed by atoms with Gasteiger partial charge in [0.15, 0.2) is 10.6 Å². The monoisotopic (exact) mass is 349 g/mol. The zero-order chi connectivity index (χ0) is 17.7. The van der Waals surface area contributed by atoms with E-state index in [2.05, 4.69) is 12.1 Å². The Morgan fingerprint density at radius 3 is 1.88 bits per heavy atom. The number of ketones is 1. The number of carbonyl (C=O) groups is 1. The van der Waals surface area contributed by atoms with Crippen LogP contribution in [0.15, 0.2) is 89.8 Å². The van der Waals surface area contributed by atoms with Crippen LogP contribution >= 0.6 is 0 Å². The van der Waals surface area contributed by atoms with Crippen LogP contribution in [0.2, 0.25) is 0 Å². The molecular weight excluding hydrogens is 328 g/mol. The van der Waals surface area contributed by atoms with Crippen molar-refractivity contribution in [2.45, 2.75) is 11.3 Å². The molecule has 1 atom stereocenters. The van der Waals surface area contributed by atoms with Gasteiger partial charge in [-0.05, 0) is 29.7 Å². The van der Waals surface area contributed by atoms with Crippen molar-refractivity contribution in [2.24, 2.45) is 0 Å². The third kappa shape index (κ3) is 4.52. The first-order valence-corrected chi connectivity index (χ1v) is 10.4. The Hall–Kier alpha value is -2.52. The van der Waals surface area contributed by atoms with E-state index >= 15 is 0 Å². The van der Waals surface area contributed by atoms with E-state index < -0.39 is 9.93 Å². The first-order chi connectivity index (χ1) is 12.0. The molecule has 0 aromatic heterocycles. The Kier molecular flexibility index (Phi) is 5.25. The van der Waals surface area contributed by atoms with E-state index in [-0.39, 0.29) is 11.5 Å². The molecule has 0 aliphatic heterocycles. The van der Waals surface area contributed by atoms with E-state index in [1.165, 1.54) is 5.56 Å². The molecule has 0 N–H and O–H groups in total. The Bertz CT molecular complexity index is 884. The molecule has 0 spiro atoms. The van der Waals surface area contributed by atoms with Gasteiger partial charge in [-0.3, -0.25) is 4.79 Å². The van der Waals surface area contributed by atoms with Gasteiger partial charge >= 0.3 is 0 Å². The molecule has 0 aliphatic carbocycles. The molecule has 0 aliphatic rings. The molecule has 3 rings (SSSR count). The van der Waals surface area contributed by atoms with Crippen LogP contribution in [0.25, 0.3) is 0 Å². The molecule has 3 aromatic rings. The van der Waals surface area contributed by atoms with Crippen LogP contribution < -0.4 is 0 Å². The van der Waals surface area contributed by atoms with E-state index in [1.54, 1.807) is 6.26 Å². The summed E-state index contributed by atoms with van der Waals surface area (Å²) in [6.45, 7) is 0. The van der Waals surface area contributed by atoms with Gasteiger partial charge in [0.2, 0.25) is 5.78 Å². The molecule has 126 valence electrons. The highest BCUT2D eigenvalue weighted by atomic mass is 32.2. The lowest BCUT2D eigenvalue weighted by atomic mass is 10.0. The number of benzene rings is 3. The number of hydrogen-bond donors (Lipinski definition) is 0. The average Bonchev–Trinajstić information content (AvgIpc) is 2.63. The maximum Gasteiger partial charge on any atom is 0.212 e. The molecule has 2 nitrogen and oxygen atoms in total. The van der Waals surface area contributed by atoms with Crippen molar-refractivity contribution in [2.75, 3.05) is 12.0 Å². The van der Waals surface area contributed by atoms with Crippen LogP contribution in [0.4, 0.5) is 0 Å². The van der Waals surface area contributed by atoms with E-state index in [1.807, 2.05) is 72.8 Å². The van der Waals surface area contributed by atoms with Crippen LogP contribution in [0, 0.1) is 0 Å². The summed E-state index contributed by atoms with van der Waals surface area (Å²) in [4.78, 5) is 13.3. The summed E-state index contributed by atoms with van der Waals surface area (Å²) in [6.07, 6.45) is 2.49. The molecule has 25 heavy (non-hydrogen) atoms. The van der Waals surface area contributed by atoms with Crippen molar-refractivity contribution >= 4 is 15.7 Å². The van der Waals surface area contributed by atoms with E-state index in [9.17, 15) is 9.00 Å². The Balaban J connectivity index is 1.70. The lowest BCUT2D eigenvalue weighted by molar-refractivity contribution is 0.102. The van der Waals surface area contributed by atoms with Gasteiger partial charge in [-0.15, -0.1) is 0 Å². The fourth-order valence-corrected chi connectivity index (χ4v) is 4.33. The second-order valence-electron chi connectivity index (χ2n) is 6.24. The van der Waals surface area contributed by atoms with Crippen molar-refractivity contribution in [1.29, 1.82) is 0 Å². The maximum absolute atomic E-state index is 12.9. The second-order valence-corrected chi connectivity index (χ2v) is 9.01. The van der Waals surface area contributed by atoms with Crippen LogP contribution in [-0.4, -0.2) is 17.8 Å². The molecule has 0 saturated heterocycles. The summed E-state index contributed by atoms with van der Waals surface area (Å²) in [5.41, 5.74) is 3.01. The van der Waals surface area contributed by atoms with Crippen molar-refractivity contribution in [1.82, 2.24) is 0 Å². The molecule has 0 fully saturated rings. The molecule has 0 amide bonds. The van der Waals surface area contributed by atoms with Gasteiger partial charge in [0, 0.05) is 5.56 Å². The highest BCUT2D eigenvalue weighted by molar-refractivity contribution is 8.03. The third-order valence-electron chi connectivity index (χ3n) is 4.18. The van der Waals surface area contributed by atoms with E-state index in [0.29, 0.717) is 5.56 Å². The minimum absolute atomic E-state index is 0.0368. The standard InChI is InChI=1S/C22H21O2S/c1-25(24,21-10-6-3-7-11-21)17-22(23)20-14-12-19(13-15-20)16-18-8-4-2-5-9-18/h2-15H,16-17H2,1H3/q+1.